The number of benzene rings is 2. The third-order valence-electron chi connectivity index (χ3n) is 4.09. The van der Waals surface area contributed by atoms with E-state index in [0.29, 0.717) is 0 Å². The highest BCUT2D eigenvalue weighted by Crippen LogP contribution is 2.27. The zero-order valence-electron chi connectivity index (χ0n) is 15.0. The number of carbonyl (C=O) groups excluding carboxylic acids is 2. The summed E-state index contributed by atoms with van der Waals surface area (Å²) < 4.78 is 6.11. The summed E-state index contributed by atoms with van der Waals surface area (Å²) in [5.41, 5.74) is 1.86. The number of nitrogens with two attached hydrogens (primary N) is 1. The molecule has 0 aliphatic carbocycles. The molecule has 6 nitrogen and oxygen atoms in total. The first-order valence-electron chi connectivity index (χ1n) is 8.22. The van der Waals surface area contributed by atoms with E-state index in [-0.39, 0.29) is 11.9 Å². The Bertz CT molecular complexity index is 768. The third-order valence-corrected chi connectivity index (χ3v) is 4.71. The highest BCUT2D eigenvalue weighted by molar-refractivity contribution is 9.10. The molecule has 2 aromatic carbocycles. The Morgan fingerprint density at radius 1 is 1.12 bits per heavy atom. The van der Waals surface area contributed by atoms with Gasteiger partial charge in [0.25, 0.3) is 5.91 Å². The maximum absolute atomic E-state index is 12.6. The van der Waals surface area contributed by atoms with Crippen LogP contribution in [0, 0.1) is 0 Å². The van der Waals surface area contributed by atoms with Crippen molar-refractivity contribution in [3.8, 4) is 5.75 Å². The molecule has 2 rings (SSSR count). The molecule has 0 saturated carbocycles. The summed E-state index contributed by atoms with van der Waals surface area (Å²) >= 11 is 3.49. The lowest BCUT2D eigenvalue weighted by Crippen LogP contribution is -2.88. The van der Waals surface area contributed by atoms with E-state index in [1.165, 1.54) is 7.05 Å². The number of hydrogen-bond acceptors (Lipinski definition) is 3. The van der Waals surface area contributed by atoms with Crippen LogP contribution >= 0.6 is 15.9 Å². The van der Waals surface area contributed by atoms with Gasteiger partial charge in [-0.1, -0.05) is 30.3 Å². The maximum Gasteiger partial charge on any atom is 0.321 e. The van der Waals surface area contributed by atoms with Crippen molar-refractivity contribution < 1.29 is 19.6 Å². The lowest BCUT2D eigenvalue weighted by atomic mass is 10.0. The van der Waals surface area contributed by atoms with Crippen molar-refractivity contribution in [1.29, 1.82) is 0 Å². The quantitative estimate of drug-likeness (QED) is 0.669. The average molecular weight is 421 g/mol. The molecule has 0 unspecified atom stereocenters. The molecule has 0 aliphatic rings. The molecule has 0 heterocycles. The van der Waals surface area contributed by atoms with Crippen LogP contribution in [0.15, 0.2) is 53.0 Å². The molecular formula is C19H23BrN3O3+. The normalized spacial score (nSPS) is 12.8. The summed E-state index contributed by atoms with van der Waals surface area (Å²) in [7, 11) is 3.09. The van der Waals surface area contributed by atoms with Gasteiger partial charge in [-0.05, 0) is 41.1 Å². The molecule has 3 amide bonds. The molecule has 4 N–H and O–H groups in total. The molecule has 0 aliphatic heterocycles. The Morgan fingerprint density at radius 3 is 2.38 bits per heavy atom. The number of quaternary nitrogens is 1. The van der Waals surface area contributed by atoms with Gasteiger partial charge >= 0.3 is 6.03 Å². The van der Waals surface area contributed by atoms with Gasteiger partial charge in [0.1, 0.15) is 11.8 Å². The molecule has 26 heavy (non-hydrogen) atoms. The number of methoxy groups -OCH3 is 1. The SMILES string of the molecule is CNC(=O)NC(=O)[C@H]([NH2+][C@H](C)c1ccc(OC)c(Br)c1)c1ccccc1. The molecule has 0 aromatic heterocycles. The third kappa shape index (κ3) is 5.06. The molecule has 0 fully saturated rings. The number of urea groups is 1. The Balaban J connectivity index is 2.24. The summed E-state index contributed by atoms with van der Waals surface area (Å²) in [6.45, 7) is 2.01. The Morgan fingerprint density at radius 2 is 1.81 bits per heavy atom. The molecule has 138 valence electrons. The fraction of sp³-hybridized carbons (Fsp3) is 0.263. The van der Waals surface area contributed by atoms with Gasteiger partial charge in [0.2, 0.25) is 0 Å². The second-order valence-electron chi connectivity index (χ2n) is 5.83. The number of ether oxygens (including phenoxy) is 1. The van der Waals surface area contributed by atoms with Crippen molar-refractivity contribution in [1.82, 2.24) is 10.6 Å². The van der Waals surface area contributed by atoms with Crippen molar-refractivity contribution in [2.45, 2.75) is 19.0 Å². The number of amides is 3. The summed E-state index contributed by atoms with van der Waals surface area (Å²) in [5, 5.41) is 6.70. The van der Waals surface area contributed by atoms with Crippen LogP contribution < -0.4 is 20.7 Å². The van der Waals surface area contributed by atoms with E-state index in [0.717, 1.165) is 21.3 Å². The van der Waals surface area contributed by atoms with Gasteiger partial charge in [0, 0.05) is 18.2 Å². The van der Waals surface area contributed by atoms with Crippen LogP contribution in [0.25, 0.3) is 0 Å². The lowest BCUT2D eigenvalue weighted by Gasteiger charge is -2.20. The first kappa shape index (κ1) is 19.9. The summed E-state index contributed by atoms with van der Waals surface area (Å²) in [6, 6.07) is 14.1. The van der Waals surface area contributed by atoms with Gasteiger partial charge in [-0.25, -0.2) is 4.79 Å². The second kappa shape index (κ2) is 9.35. The van der Waals surface area contributed by atoms with Crippen molar-refractivity contribution in [3.05, 3.63) is 64.1 Å². The monoisotopic (exact) mass is 420 g/mol. The van der Waals surface area contributed by atoms with Gasteiger partial charge in [0.15, 0.2) is 6.04 Å². The van der Waals surface area contributed by atoms with Crippen LogP contribution in [0.2, 0.25) is 0 Å². The number of hydrogen-bond donors (Lipinski definition) is 3. The van der Waals surface area contributed by atoms with Crippen LogP contribution in [0.4, 0.5) is 4.79 Å². The van der Waals surface area contributed by atoms with E-state index in [9.17, 15) is 9.59 Å². The summed E-state index contributed by atoms with van der Waals surface area (Å²) in [6.07, 6.45) is 0. The number of halogens is 1. The minimum Gasteiger partial charge on any atom is -0.496 e. The number of nitrogens with one attached hydrogen (secondary N) is 2. The van der Waals surface area contributed by atoms with Gasteiger partial charge in [-0.2, -0.15) is 0 Å². The van der Waals surface area contributed by atoms with Crippen molar-refractivity contribution in [3.63, 3.8) is 0 Å². The molecule has 0 bridgehead atoms. The predicted molar refractivity (Wildman–Crippen MR) is 103 cm³/mol. The molecule has 0 saturated heterocycles. The van der Waals surface area contributed by atoms with Crippen LogP contribution in [0.1, 0.15) is 30.1 Å². The Labute approximate surface area is 161 Å². The summed E-state index contributed by atoms with van der Waals surface area (Å²) in [4.78, 5) is 24.2. The molecule has 2 atom stereocenters. The molecule has 0 radical (unpaired) electrons. The molecule has 7 heteroatoms. The van der Waals surface area contributed by atoms with Gasteiger partial charge in [0.05, 0.1) is 11.6 Å². The topological polar surface area (TPSA) is 84.0 Å². The Kier molecular flexibility index (Phi) is 7.17. The maximum atomic E-state index is 12.6. The van der Waals surface area contributed by atoms with Crippen LogP contribution in [0.3, 0.4) is 0 Å². The van der Waals surface area contributed by atoms with Crippen molar-refractivity contribution >= 4 is 27.9 Å². The highest BCUT2D eigenvalue weighted by atomic mass is 79.9. The highest BCUT2D eigenvalue weighted by Gasteiger charge is 2.28. The largest absolute Gasteiger partial charge is 0.496 e. The van der Waals surface area contributed by atoms with Crippen molar-refractivity contribution in [2.24, 2.45) is 0 Å². The van der Waals surface area contributed by atoms with Crippen LogP contribution in [-0.2, 0) is 4.79 Å². The second-order valence-corrected chi connectivity index (χ2v) is 6.69. The molecule has 0 spiro atoms. The van der Waals surface area contributed by atoms with Gasteiger partial charge in [-0.3, -0.25) is 10.1 Å². The average Bonchev–Trinajstić information content (AvgIpc) is 2.66. The fourth-order valence-corrected chi connectivity index (χ4v) is 3.19. The fourth-order valence-electron chi connectivity index (χ4n) is 2.63. The first-order valence-corrected chi connectivity index (χ1v) is 9.01. The van der Waals surface area contributed by atoms with E-state index in [1.54, 1.807) is 7.11 Å². The van der Waals surface area contributed by atoms with E-state index >= 15 is 0 Å². The number of rotatable bonds is 6. The zero-order chi connectivity index (χ0) is 19.1. The van der Waals surface area contributed by atoms with Gasteiger partial charge in [-0.15, -0.1) is 0 Å². The predicted octanol–water partition coefficient (Wildman–Crippen LogP) is 2.28. The van der Waals surface area contributed by atoms with Crippen LogP contribution in [0.5, 0.6) is 5.75 Å². The van der Waals surface area contributed by atoms with E-state index < -0.39 is 12.1 Å². The molecule has 2 aromatic rings. The standard InChI is InChI=1S/C19H22BrN3O3/c1-12(14-9-10-16(26-3)15(20)11-14)22-17(13-7-5-4-6-8-13)18(24)23-19(25)21-2/h4-12,17,22H,1-3H3,(H2,21,23,24,25)/p+1/t12-,17-/m1/s1. The smallest absolute Gasteiger partial charge is 0.321 e. The van der Waals surface area contributed by atoms with E-state index in [4.69, 9.17) is 4.74 Å². The number of carbonyl (C=O) groups is 2. The van der Waals surface area contributed by atoms with Gasteiger partial charge < -0.3 is 15.4 Å². The zero-order valence-corrected chi connectivity index (χ0v) is 16.5. The minimum atomic E-state index is -0.552. The van der Waals surface area contributed by atoms with Crippen molar-refractivity contribution in [2.75, 3.05) is 14.2 Å². The van der Waals surface area contributed by atoms with E-state index in [2.05, 4.69) is 26.6 Å². The van der Waals surface area contributed by atoms with E-state index in [1.807, 2.05) is 60.8 Å². The minimum absolute atomic E-state index is 0.0159. The van der Waals surface area contributed by atoms with Crippen LogP contribution in [-0.4, -0.2) is 26.1 Å². The summed E-state index contributed by atoms with van der Waals surface area (Å²) in [5.74, 6) is 0.382. The number of imide groups is 1. The lowest BCUT2D eigenvalue weighted by molar-refractivity contribution is -0.719. The Hall–Kier alpha value is -2.38. The first-order chi connectivity index (χ1) is 12.5. The molecular weight excluding hydrogens is 398 g/mol.